The number of carbonyl (C=O) groups is 2. The zero-order chi connectivity index (χ0) is 18.3. The fourth-order valence-electron chi connectivity index (χ4n) is 3.81. The normalized spacial score (nSPS) is 24.7. The van der Waals surface area contributed by atoms with E-state index in [2.05, 4.69) is 0 Å². The Morgan fingerprint density at radius 2 is 1.54 bits per heavy atom. The molecule has 1 saturated heterocycles. The number of aryl methyl sites for hydroxylation is 1. The molecule has 1 aliphatic heterocycles. The molecule has 3 atom stereocenters. The Bertz CT molecular complexity index is 867. The second-order valence-corrected chi connectivity index (χ2v) is 7.08. The van der Waals surface area contributed by atoms with Gasteiger partial charge in [-0.2, -0.15) is 0 Å². The number of benzene rings is 2. The topological polar surface area (TPSA) is 46.6 Å². The fourth-order valence-corrected chi connectivity index (χ4v) is 3.81. The van der Waals surface area contributed by atoms with E-state index in [1.165, 1.54) is 10.5 Å². The molecule has 4 rings (SSSR count). The first-order valence-electron chi connectivity index (χ1n) is 8.93. The number of imide groups is 1. The summed E-state index contributed by atoms with van der Waals surface area (Å²) >= 11 is 0. The Morgan fingerprint density at radius 3 is 2.15 bits per heavy atom. The lowest BCUT2D eigenvalue weighted by molar-refractivity contribution is -0.122. The average Bonchev–Trinajstić information content (AvgIpc) is 2.90. The van der Waals surface area contributed by atoms with Gasteiger partial charge in [-0.3, -0.25) is 14.5 Å². The molecule has 0 N–H and O–H groups in total. The SMILES string of the molecule is Cc1ccc(Oc2ccc(N3C(=O)[C@H]4[C@H](C)C=CC[C@H]4C3=O)cc2)cc1. The van der Waals surface area contributed by atoms with E-state index in [4.69, 9.17) is 4.74 Å². The third-order valence-corrected chi connectivity index (χ3v) is 5.22. The van der Waals surface area contributed by atoms with Crippen LogP contribution in [0.5, 0.6) is 11.5 Å². The predicted octanol–water partition coefficient (Wildman–Crippen LogP) is 4.49. The summed E-state index contributed by atoms with van der Waals surface area (Å²) in [4.78, 5) is 26.9. The number of amides is 2. The van der Waals surface area contributed by atoms with Crippen molar-refractivity contribution in [2.45, 2.75) is 20.3 Å². The van der Waals surface area contributed by atoms with E-state index in [0.717, 1.165) is 5.75 Å². The van der Waals surface area contributed by atoms with E-state index in [-0.39, 0.29) is 29.6 Å². The van der Waals surface area contributed by atoms with Crippen LogP contribution in [0, 0.1) is 24.7 Å². The van der Waals surface area contributed by atoms with Crippen molar-refractivity contribution in [3.05, 3.63) is 66.2 Å². The van der Waals surface area contributed by atoms with Crippen LogP contribution in [-0.4, -0.2) is 11.8 Å². The zero-order valence-electron chi connectivity index (χ0n) is 14.9. The van der Waals surface area contributed by atoms with Gasteiger partial charge in [0, 0.05) is 0 Å². The van der Waals surface area contributed by atoms with E-state index in [1.807, 2.05) is 50.3 Å². The molecule has 2 aliphatic rings. The van der Waals surface area contributed by atoms with Gasteiger partial charge in [0.25, 0.3) is 0 Å². The number of carbonyl (C=O) groups excluding carboxylic acids is 2. The minimum atomic E-state index is -0.240. The summed E-state index contributed by atoms with van der Waals surface area (Å²) in [6.45, 7) is 4.02. The molecule has 4 nitrogen and oxygen atoms in total. The first-order chi connectivity index (χ1) is 12.5. The zero-order valence-corrected chi connectivity index (χ0v) is 14.9. The summed E-state index contributed by atoms with van der Waals surface area (Å²) in [5.74, 6) is 0.862. The summed E-state index contributed by atoms with van der Waals surface area (Å²) in [7, 11) is 0. The van der Waals surface area contributed by atoms with Crippen molar-refractivity contribution in [2.24, 2.45) is 17.8 Å². The van der Waals surface area contributed by atoms with E-state index < -0.39 is 0 Å². The molecule has 0 bridgehead atoms. The molecular weight excluding hydrogens is 326 g/mol. The molecule has 2 aromatic carbocycles. The molecule has 0 radical (unpaired) electrons. The standard InChI is InChI=1S/C22H21NO3/c1-14-6-10-17(11-7-14)26-18-12-8-16(9-13-18)23-21(24)19-5-3-4-15(2)20(19)22(23)25/h3-4,6-13,15,19-20H,5H2,1-2H3/t15-,19-,20+/m1/s1. The molecule has 1 heterocycles. The van der Waals surface area contributed by atoms with Gasteiger partial charge in [0.05, 0.1) is 17.5 Å². The van der Waals surface area contributed by atoms with Gasteiger partial charge in [-0.05, 0) is 55.7 Å². The molecule has 132 valence electrons. The third-order valence-electron chi connectivity index (χ3n) is 5.22. The highest BCUT2D eigenvalue weighted by Crippen LogP contribution is 2.40. The molecule has 1 aliphatic carbocycles. The highest BCUT2D eigenvalue weighted by atomic mass is 16.5. The van der Waals surface area contributed by atoms with Crippen LogP contribution in [0.3, 0.4) is 0 Å². The third kappa shape index (κ3) is 2.81. The van der Waals surface area contributed by atoms with Crippen LogP contribution in [0.25, 0.3) is 0 Å². The van der Waals surface area contributed by atoms with Gasteiger partial charge in [-0.15, -0.1) is 0 Å². The monoisotopic (exact) mass is 347 g/mol. The first kappa shape index (κ1) is 16.6. The Balaban J connectivity index is 1.54. The lowest BCUT2D eigenvalue weighted by atomic mass is 9.78. The molecule has 4 heteroatoms. The van der Waals surface area contributed by atoms with Crippen molar-refractivity contribution < 1.29 is 14.3 Å². The number of hydrogen-bond acceptors (Lipinski definition) is 3. The Kier molecular flexibility index (Phi) is 4.11. The molecule has 0 spiro atoms. The number of allylic oxidation sites excluding steroid dienone is 2. The largest absolute Gasteiger partial charge is 0.457 e. The van der Waals surface area contributed by atoms with E-state index in [9.17, 15) is 9.59 Å². The number of anilines is 1. The number of rotatable bonds is 3. The minimum absolute atomic E-state index is 0.0935. The van der Waals surface area contributed by atoms with Crippen LogP contribution in [0.15, 0.2) is 60.7 Å². The average molecular weight is 347 g/mol. The van der Waals surface area contributed by atoms with E-state index in [0.29, 0.717) is 17.9 Å². The van der Waals surface area contributed by atoms with Gasteiger partial charge < -0.3 is 4.74 Å². The Labute approximate surface area is 153 Å². The van der Waals surface area contributed by atoms with Crippen LogP contribution >= 0.6 is 0 Å². The lowest BCUT2D eigenvalue weighted by Gasteiger charge is -2.22. The highest BCUT2D eigenvalue weighted by Gasteiger charge is 2.50. The predicted molar refractivity (Wildman–Crippen MR) is 100 cm³/mol. The summed E-state index contributed by atoms with van der Waals surface area (Å²) in [6.07, 6.45) is 4.69. The Hall–Kier alpha value is -2.88. The summed E-state index contributed by atoms with van der Waals surface area (Å²) in [6, 6.07) is 14.9. The molecule has 0 unspecified atom stereocenters. The molecule has 0 aromatic heterocycles. The molecule has 0 saturated carbocycles. The summed E-state index contributed by atoms with van der Waals surface area (Å²) in [5.41, 5.74) is 1.78. The van der Waals surface area contributed by atoms with Crippen molar-refractivity contribution in [2.75, 3.05) is 4.90 Å². The van der Waals surface area contributed by atoms with Crippen molar-refractivity contribution in [1.82, 2.24) is 0 Å². The maximum Gasteiger partial charge on any atom is 0.238 e. The van der Waals surface area contributed by atoms with Crippen LogP contribution in [-0.2, 0) is 9.59 Å². The number of ether oxygens (including phenoxy) is 1. The molecule has 1 fully saturated rings. The summed E-state index contributed by atoms with van der Waals surface area (Å²) in [5, 5.41) is 0. The van der Waals surface area contributed by atoms with E-state index in [1.54, 1.807) is 24.3 Å². The van der Waals surface area contributed by atoms with Crippen molar-refractivity contribution in [3.63, 3.8) is 0 Å². The number of hydrogen-bond donors (Lipinski definition) is 0. The van der Waals surface area contributed by atoms with Crippen LogP contribution in [0.1, 0.15) is 18.9 Å². The van der Waals surface area contributed by atoms with Gasteiger partial charge in [-0.25, -0.2) is 0 Å². The molecular formula is C22H21NO3. The second kappa shape index (κ2) is 6.45. The van der Waals surface area contributed by atoms with Crippen LogP contribution in [0.2, 0.25) is 0 Å². The maximum atomic E-state index is 12.8. The molecule has 2 amide bonds. The first-order valence-corrected chi connectivity index (χ1v) is 8.93. The minimum Gasteiger partial charge on any atom is -0.457 e. The van der Waals surface area contributed by atoms with E-state index >= 15 is 0 Å². The molecule has 26 heavy (non-hydrogen) atoms. The van der Waals surface area contributed by atoms with Crippen molar-refractivity contribution >= 4 is 17.5 Å². The second-order valence-electron chi connectivity index (χ2n) is 7.08. The van der Waals surface area contributed by atoms with Gasteiger partial charge in [0.1, 0.15) is 11.5 Å². The quantitative estimate of drug-likeness (QED) is 0.607. The lowest BCUT2D eigenvalue weighted by Crippen LogP contribution is -2.31. The molecule has 2 aromatic rings. The number of nitrogens with zero attached hydrogens (tertiary/aromatic N) is 1. The number of fused-ring (bicyclic) bond motifs is 1. The van der Waals surface area contributed by atoms with Crippen LogP contribution in [0.4, 0.5) is 5.69 Å². The van der Waals surface area contributed by atoms with Crippen LogP contribution < -0.4 is 9.64 Å². The fraction of sp³-hybridized carbons (Fsp3) is 0.273. The van der Waals surface area contributed by atoms with Gasteiger partial charge in [0.15, 0.2) is 0 Å². The van der Waals surface area contributed by atoms with Gasteiger partial charge in [-0.1, -0.05) is 36.8 Å². The van der Waals surface area contributed by atoms with Gasteiger partial charge >= 0.3 is 0 Å². The maximum absolute atomic E-state index is 12.8. The smallest absolute Gasteiger partial charge is 0.238 e. The van der Waals surface area contributed by atoms with Crippen molar-refractivity contribution in [1.29, 1.82) is 0 Å². The van der Waals surface area contributed by atoms with Crippen molar-refractivity contribution in [3.8, 4) is 11.5 Å². The Morgan fingerprint density at radius 1 is 0.923 bits per heavy atom. The van der Waals surface area contributed by atoms with Gasteiger partial charge in [0.2, 0.25) is 11.8 Å². The summed E-state index contributed by atoms with van der Waals surface area (Å²) < 4.78 is 5.82. The highest BCUT2D eigenvalue weighted by molar-refractivity contribution is 6.22.